The van der Waals surface area contributed by atoms with Crippen molar-refractivity contribution in [1.82, 2.24) is 19.5 Å². The number of aromatic hydroxyl groups is 1. The summed E-state index contributed by atoms with van der Waals surface area (Å²) in [5.74, 6) is 1.08. The van der Waals surface area contributed by atoms with Crippen molar-refractivity contribution in [2.24, 2.45) is 0 Å². The highest BCUT2D eigenvalue weighted by atomic mass is 16.3. The van der Waals surface area contributed by atoms with E-state index in [4.69, 9.17) is 0 Å². The summed E-state index contributed by atoms with van der Waals surface area (Å²) in [6.45, 7) is 5.66. The van der Waals surface area contributed by atoms with Crippen molar-refractivity contribution in [3.63, 3.8) is 0 Å². The fourth-order valence-electron chi connectivity index (χ4n) is 2.97. The van der Waals surface area contributed by atoms with Gasteiger partial charge in [0.2, 0.25) is 0 Å². The third kappa shape index (κ3) is 2.42. The molecule has 1 fully saturated rings. The molecule has 102 valence electrons. The summed E-state index contributed by atoms with van der Waals surface area (Å²) in [5, 5.41) is 13.9. The van der Waals surface area contributed by atoms with Crippen molar-refractivity contribution in [3.8, 4) is 5.75 Å². The Morgan fingerprint density at radius 1 is 1.42 bits per heavy atom. The number of pyridine rings is 1. The maximum absolute atomic E-state index is 9.44. The first-order valence-electron chi connectivity index (χ1n) is 6.93. The Hall–Kier alpha value is -1.62. The summed E-state index contributed by atoms with van der Waals surface area (Å²) in [6.07, 6.45) is 4.97. The number of hydrogen-bond donors (Lipinski definition) is 1. The molecule has 0 aromatic carbocycles. The van der Waals surface area contributed by atoms with Gasteiger partial charge in [-0.3, -0.25) is 4.90 Å². The zero-order valence-electron chi connectivity index (χ0n) is 11.5. The second-order valence-electron chi connectivity index (χ2n) is 5.55. The summed E-state index contributed by atoms with van der Waals surface area (Å²) in [4.78, 5) is 7.06. The second kappa shape index (κ2) is 4.81. The monoisotopic (exact) mass is 260 g/mol. The predicted octanol–water partition coefficient (Wildman–Crippen LogP) is 1.85. The smallest absolute Gasteiger partial charge is 0.155 e. The molecule has 1 N–H and O–H groups in total. The van der Waals surface area contributed by atoms with Crippen LogP contribution in [-0.4, -0.2) is 43.2 Å². The molecule has 0 radical (unpaired) electrons. The lowest BCUT2D eigenvalue weighted by atomic mass is 10.1. The molecule has 2 aromatic rings. The third-order valence-corrected chi connectivity index (χ3v) is 3.86. The molecular weight excluding hydrogens is 240 g/mol. The third-order valence-electron chi connectivity index (χ3n) is 3.86. The van der Waals surface area contributed by atoms with Crippen molar-refractivity contribution in [2.75, 3.05) is 6.54 Å². The van der Waals surface area contributed by atoms with Gasteiger partial charge in [0.15, 0.2) is 11.5 Å². The average molecular weight is 260 g/mol. The van der Waals surface area contributed by atoms with E-state index in [0.29, 0.717) is 12.1 Å². The first-order valence-corrected chi connectivity index (χ1v) is 6.93. The highest BCUT2D eigenvalue weighted by Crippen LogP contribution is 2.22. The molecule has 1 atom stereocenters. The molecule has 1 unspecified atom stereocenters. The maximum atomic E-state index is 9.44. The predicted molar refractivity (Wildman–Crippen MR) is 73.2 cm³/mol. The van der Waals surface area contributed by atoms with Crippen LogP contribution >= 0.6 is 0 Å². The molecule has 5 nitrogen and oxygen atoms in total. The second-order valence-corrected chi connectivity index (χ2v) is 5.55. The van der Waals surface area contributed by atoms with Gasteiger partial charge in [-0.2, -0.15) is 5.10 Å². The van der Waals surface area contributed by atoms with Gasteiger partial charge < -0.3 is 5.11 Å². The first kappa shape index (κ1) is 12.4. The van der Waals surface area contributed by atoms with Gasteiger partial charge in [0.05, 0.1) is 6.20 Å². The number of likely N-dealkylation sites (tertiary alicyclic amines) is 1. The van der Waals surface area contributed by atoms with E-state index in [9.17, 15) is 5.11 Å². The Morgan fingerprint density at radius 2 is 2.26 bits per heavy atom. The molecule has 1 aliphatic heterocycles. The van der Waals surface area contributed by atoms with E-state index in [0.717, 1.165) is 17.9 Å². The molecule has 2 aromatic heterocycles. The maximum Gasteiger partial charge on any atom is 0.155 e. The minimum absolute atomic E-state index is 0.216. The zero-order chi connectivity index (χ0) is 13.4. The van der Waals surface area contributed by atoms with Crippen LogP contribution in [0.1, 0.15) is 32.5 Å². The molecule has 0 saturated carbocycles. The van der Waals surface area contributed by atoms with Gasteiger partial charge in [0.1, 0.15) is 5.75 Å². The van der Waals surface area contributed by atoms with Crippen LogP contribution in [0, 0.1) is 0 Å². The van der Waals surface area contributed by atoms with Crippen LogP contribution < -0.4 is 0 Å². The molecule has 0 aliphatic carbocycles. The van der Waals surface area contributed by atoms with Gasteiger partial charge in [-0.15, -0.1) is 0 Å². The van der Waals surface area contributed by atoms with Crippen LogP contribution in [0.2, 0.25) is 0 Å². The van der Waals surface area contributed by atoms with Crippen LogP contribution in [0.4, 0.5) is 0 Å². The van der Waals surface area contributed by atoms with Gasteiger partial charge in [-0.25, -0.2) is 9.50 Å². The molecule has 0 amide bonds. The fraction of sp³-hybridized carbons (Fsp3) is 0.571. The highest BCUT2D eigenvalue weighted by molar-refractivity contribution is 5.40. The number of nitrogens with zero attached hydrogens (tertiary/aromatic N) is 4. The van der Waals surface area contributed by atoms with Crippen molar-refractivity contribution in [2.45, 2.75) is 45.2 Å². The zero-order valence-corrected chi connectivity index (χ0v) is 11.5. The Kier molecular flexibility index (Phi) is 3.14. The van der Waals surface area contributed by atoms with Gasteiger partial charge in [-0.1, -0.05) is 0 Å². The number of fused-ring (bicyclic) bond motifs is 1. The van der Waals surface area contributed by atoms with Gasteiger partial charge >= 0.3 is 0 Å². The average Bonchev–Trinajstić information content (AvgIpc) is 2.95. The summed E-state index contributed by atoms with van der Waals surface area (Å²) in [6, 6.07) is 4.56. The van der Waals surface area contributed by atoms with Crippen LogP contribution in [0.25, 0.3) is 5.65 Å². The molecular formula is C14H20N4O. The van der Waals surface area contributed by atoms with Crippen LogP contribution in [-0.2, 0) is 6.42 Å². The molecule has 1 saturated heterocycles. The Morgan fingerprint density at radius 3 is 3.05 bits per heavy atom. The van der Waals surface area contributed by atoms with E-state index in [-0.39, 0.29) is 5.75 Å². The van der Waals surface area contributed by atoms with Crippen molar-refractivity contribution in [1.29, 1.82) is 0 Å². The summed E-state index contributed by atoms with van der Waals surface area (Å²) in [5.41, 5.74) is 0.793. The molecule has 0 bridgehead atoms. The van der Waals surface area contributed by atoms with Crippen molar-refractivity contribution in [3.05, 3.63) is 24.2 Å². The number of rotatable bonds is 3. The van der Waals surface area contributed by atoms with Crippen molar-refractivity contribution >= 4 is 5.65 Å². The lowest BCUT2D eigenvalue weighted by molar-refractivity contribution is 0.201. The van der Waals surface area contributed by atoms with E-state index in [1.165, 1.54) is 19.4 Å². The Bertz CT molecular complexity index is 578. The molecule has 0 spiro atoms. The van der Waals surface area contributed by atoms with E-state index >= 15 is 0 Å². The van der Waals surface area contributed by atoms with Gasteiger partial charge in [0.25, 0.3) is 0 Å². The summed E-state index contributed by atoms with van der Waals surface area (Å²) < 4.78 is 1.65. The minimum Gasteiger partial charge on any atom is -0.506 e. The Balaban J connectivity index is 1.81. The van der Waals surface area contributed by atoms with E-state index in [1.807, 2.05) is 0 Å². The van der Waals surface area contributed by atoms with E-state index in [1.54, 1.807) is 22.8 Å². The van der Waals surface area contributed by atoms with E-state index in [2.05, 4.69) is 28.8 Å². The van der Waals surface area contributed by atoms with Gasteiger partial charge in [-0.05, 0) is 45.4 Å². The molecule has 5 heteroatoms. The van der Waals surface area contributed by atoms with Crippen LogP contribution in [0.15, 0.2) is 18.3 Å². The molecule has 1 aliphatic rings. The molecule has 3 rings (SSSR count). The largest absolute Gasteiger partial charge is 0.506 e. The summed E-state index contributed by atoms with van der Waals surface area (Å²) in [7, 11) is 0. The topological polar surface area (TPSA) is 53.7 Å². The number of aromatic nitrogens is 3. The quantitative estimate of drug-likeness (QED) is 0.915. The first-order chi connectivity index (χ1) is 9.13. The summed E-state index contributed by atoms with van der Waals surface area (Å²) >= 11 is 0. The van der Waals surface area contributed by atoms with Crippen LogP contribution in [0.3, 0.4) is 0 Å². The van der Waals surface area contributed by atoms with Crippen molar-refractivity contribution < 1.29 is 5.11 Å². The minimum atomic E-state index is 0.216. The highest BCUT2D eigenvalue weighted by Gasteiger charge is 2.27. The lowest BCUT2D eigenvalue weighted by Crippen LogP contribution is -2.36. The normalized spacial score (nSPS) is 20.7. The Labute approximate surface area is 112 Å². The number of hydrogen-bond acceptors (Lipinski definition) is 4. The molecule has 19 heavy (non-hydrogen) atoms. The van der Waals surface area contributed by atoms with E-state index < -0.39 is 0 Å². The lowest BCUT2D eigenvalue weighted by Gasteiger charge is -2.27. The standard InChI is InChI=1S/C14H20N4O/c1-10(2)17-7-3-4-11(17)8-13-15-14-6-5-12(19)9-18(14)16-13/h5-6,9-11,19H,3-4,7-8H2,1-2H3. The van der Waals surface area contributed by atoms with Crippen LogP contribution in [0.5, 0.6) is 5.75 Å². The van der Waals surface area contributed by atoms with Gasteiger partial charge in [0, 0.05) is 18.5 Å². The SMILES string of the molecule is CC(C)N1CCCC1Cc1nc2ccc(O)cn2n1. The molecule has 3 heterocycles. The fourth-order valence-corrected chi connectivity index (χ4v) is 2.97.